The van der Waals surface area contributed by atoms with Gasteiger partial charge in [-0.3, -0.25) is 9.48 Å². The molecule has 7 heteroatoms. The zero-order valence-corrected chi connectivity index (χ0v) is 12.2. The number of hydrogen-bond acceptors (Lipinski definition) is 3. The number of carbonyl (C=O) groups is 1. The van der Waals surface area contributed by atoms with Crippen molar-refractivity contribution in [2.24, 2.45) is 12.8 Å². The molecule has 2 unspecified atom stereocenters. The molecule has 0 radical (unpaired) electrons. The van der Waals surface area contributed by atoms with Crippen LogP contribution in [0, 0.1) is 0 Å². The Balaban J connectivity index is 0.00000144. The van der Waals surface area contributed by atoms with E-state index in [1.807, 2.05) is 24.3 Å². The van der Waals surface area contributed by atoms with E-state index in [4.69, 9.17) is 5.73 Å². The van der Waals surface area contributed by atoms with Crippen molar-refractivity contribution in [2.75, 3.05) is 6.54 Å². The third-order valence-electron chi connectivity index (χ3n) is 3.04. The zero-order valence-electron chi connectivity index (χ0n) is 10.6. The van der Waals surface area contributed by atoms with Crippen LogP contribution in [0.2, 0.25) is 0 Å². The number of nitrogens with two attached hydrogens (primary N) is 1. The van der Waals surface area contributed by atoms with Crippen LogP contribution < -0.4 is 5.73 Å². The van der Waals surface area contributed by atoms with Crippen LogP contribution in [0.1, 0.15) is 31.4 Å². The summed E-state index contributed by atoms with van der Waals surface area (Å²) in [6.45, 7) is 2.54. The Bertz CT molecular complexity index is 394. The van der Waals surface area contributed by atoms with Gasteiger partial charge in [-0.25, -0.2) is 0 Å². The van der Waals surface area contributed by atoms with Gasteiger partial charge in [0.05, 0.1) is 18.3 Å². The third kappa shape index (κ3) is 3.37. The lowest BCUT2D eigenvalue weighted by Gasteiger charge is -2.25. The Morgan fingerprint density at radius 2 is 2.22 bits per heavy atom. The maximum Gasteiger partial charge on any atom is 0.239 e. The second kappa shape index (κ2) is 6.97. The average molecular weight is 295 g/mol. The van der Waals surface area contributed by atoms with E-state index in [9.17, 15) is 4.79 Å². The highest BCUT2D eigenvalue weighted by Gasteiger charge is 2.31. The maximum absolute atomic E-state index is 11.9. The molecular formula is C11H20Cl2N4O. The topological polar surface area (TPSA) is 64.2 Å². The number of rotatable bonds is 2. The smallest absolute Gasteiger partial charge is 0.239 e. The van der Waals surface area contributed by atoms with Crippen molar-refractivity contribution in [3.8, 4) is 0 Å². The molecule has 0 spiro atoms. The van der Waals surface area contributed by atoms with Gasteiger partial charge < -0.3 is 10.6 Å². The van der Waals surface area contributed by atoms with Gasteiger partial charge in [-0.2, -0.15) is 5.10 Å². The van der Waals surface area contributed by atoms with E-state index in [1.165, 1.54) is 0 Å². The molecular weight excluding hydrogens is 275 g/mol. The Kier molecular flexibility index (Phi) is 6.67. The molecule has 104 valence electrons. The molecule has 1 aromatic heterocycles. The van der Waals surface area contributed by atoms with Crippen molar-refractivity contribution in [1.29, 1.82) is 0 Å². The van der Waals surface area contributed by atoms with Crippen molar-refractivity contribution in [2.45, 2.75) is 31.8 Å². The first-order chi connectivity index (χ1) is 7.59. The van der Waals surface area contributed by atoms with E-state index in [2.05, 4.69) is 5.10 Å². The molecule has 2 atom stereocenters. The van der Waals surface area contributed by atoms with Crippen molar-refractivity contribution >= 4 is 30.7 Å². The standard InChI is InChI=1S/C11H18N4O.2ClH/c1-8(12)11(16)15-5-3-4-10(15)9-6-13-14(2)7-9;;/h6-8,10H,3-5,12H2,1-2H3;2*1H. The summed E-state index contributed by atoms with van der Waals surface area (Å²) in [5, 5.41) is 4.15. The van der Waals surface area contributed by atoms with Gasteiger partial charge in [0.15, 0.2) is 0 Å². The van der Waals surface area contributed by atoms with Crippen LogP contribution in [0.15, 0.2) is 12.4 Å². The first-order valence-electron chi connectivity index (χ1n) is 5.64. The van der Waals surface area contributed by atoms with Gasteiger partial charge in [0.25, 0.3) is 0 Å². The SMILES string of the molecule is CC(N)C(=O)N1CCCC1c1cnn(C)c1.Cl.Cl. The highest BCUT2D eigenvalue weighted by molar-refractivity contribution is 5.85. The lowest BCUT2D eigenvalue weighted by molar-refractivity contribution is -0.133. The van der Waals surface area contributed by atoms with Crippen LogP contribution in [-0.4, -0.2) is 33.2 Å². The molecule has 5 nitrogen and oxygen atoms in total. The van der Waals surface area contributed by atoms with E-state index in [0.29, 0.717) is 0 Å². The van der Waals surface area contributed by atoms with Crippen LogP contribution in [0.4, 0.5) is 0 Å². The third-order valence-corrected chi connectivity index (χ3v) is 3.04. The normalized spacial score (nSPS) is 19.9. The van der Waals surface area contributed by atoms with Gasteiger partial charge >= 0.3 is 0 Å². The summed E-state index contributed by atoms with van der Waals surface area (Å²) in [5.74, 6) is 0.0337. The minimum Gasteiger partial charge on any atom is -0.334 e. The Morgan fingerprint density at radius 3 is 2.72 bits per heavy atom. The van der Waals surface area contributed by atoms with Crippen molar-refractivity contribution in [3.63, 3.8) is 0 Å². The van der Waals surface area contributed by atoms with Crippen molar-refractivity contribution in [1.82, 2.24) is 14.7 Å². The molecule has 0 saturated carbocycles. The van der Waals surface area contributed by atoms with Crippen molar-refractivity contribution < 1.29 is 4.79 Å². The minimum absolute atomic E-state index is 0. The predicted molar refractivity (Wildman–Crippen MR) is 75.0 cm³/mol. The van der Waals surface area contributed by atoms with Crippen LogP contribution in [0.3, 0.4) is 0 Å². The summed E-state index contributed by atoms with van der Waals surface area (Å²) in [6, 6.07) is -0.260. The van der Waals surface area contributed by atoms with Gasteiger partial charge in [0.1, 0.15) is 0 Å². The summed E-state index contributed by atoms with van der Waals surface area (Å²) in [4.78, 5) is 13.8. The number of halogens is 2. The molecule has 0 aromatic carbocycles. The van der Waals surface area contributed by atoms with E-state index in [1.54, 1.807) is 11.6 Å². The molecule has 2 heterocycles. The van der Waals surface area contributed by atoms with Gasteiger partial charge in [-0.15, -0.1) is 24.8 Å². The number of nitrogens with zero attached hydrogens (tertiary/aromatic N) is 3. The van der Waals surface area contributed by atoms with Crippen LogP contribution in [0.25, 0.3) is 0 Å². The summed E-state index contributed by atoms with van der Waals surface area (Å²) in [6.07, 6.45) is 5.84. The molecule has 1 amide bonds. The van der Waals surface area contributed by atoms with Crippen LogP contribution in [0.5, 0.6) is 0 Å². The summed E-state index contributed by atoms with van der Waals surface area (Å²) < 4.78 is 1.77. The number of hydrogen-bond donors (Lipinski definition) is 1. The number of aromatic nitrogens is 2. The summed E-state index contributed by atoms with van der Waals surface area (Å²) in [5.41, 5.74) is 6.75. The monoisotopic (exact) mass is 294 g/mol. The molecule has 0 aliphatic carbocycles. The van der Waals surface area contributed by atoms with Crippen LogP contribution >= 0.6 is 24.8 Å². The second-order valence-corrected chi connectivity index (χ2v) is 4.43. The highest BCUT2D eigenvalue weighted by Crippen LogP contribution is 2.31. The van der Waals surface area contributed by atoms with Crippen LogP contribution in [-0.2, 0) is 11.8 Å². The first kappa shape index (κ1) is 17.2. The van der Waals surface area contributed by atoms with E-state index in [0.717, 1.165) is 24.9 Å². The van der Waals surface area contributed by atoms with Gasteiger partial charge in [-0.1, -0.05) is 0 Å². The minimum atomic E-state index is -0.419. The zero-order chi connectivity index (χ0) is 11.7. The van der Waals surface area contributed by atoms with E-state index in [-0.39, 0.29) is 36.8 Å². The second-order valence-electron chi connectivity index (χ2n) is 4.43. The van der Waals surface area contributed by atoms with E-state index < -0.39 is 6.04 Å². The number of aryl methyl sites for hydroxylation is 1. The molecule has 1 fully saturated rings. The number of carbonyl (C=O) groups excluding carboxylic acids is 1. The first-order valence-corrected chi connectivity index (χ1v) is 5.64. The quantitative estimate of drug-likeness (QED) is 0.893. The summed E-state index contributed by atoms with van der Waals surface area (Å²) in [7, 11) is 1.89. The molecule has 1 saturated heterocycles. The Morgan fingerprint density at radius 1 is 1.56 bits per heavy atom. The molecule has 1 aliphatic heterocycles. The molecule has 1 aliphatic rings. The summed E-state index contributed by atoms with van der Waals surface area (Å²) >= 11 is 0. The fourth-order valence-electron chi connectivity index (χ4n) is 2.25. The Labute approximate surface area is 120 Å². The van der Waals surface area contributed by atoms with E-state index >= 15 is 0 Å². The molecule has 2 rings (SSSR count). The fraction of sp³-hybridized carbons (Fsp3) is 0.636. The highest BCUT2D eigenvalue weighted by atomic mass is 35.5. The predicted octanol–water partition coefficient (Wildman–Crippen LogP) is 1.27. The van der Waals surface area contributed by atoms with Gasteiger partial charge in [0.2, 0.25) is 5.91 Å². The number of likely N-dealkylation sites (tertiary alicyclic amines) is 1. The number of amides is 1. The Hall–Kier alpha value is -0.780. The molecule has 2 N–H and O–H groups in total. The van der Waals surface area contributed by atoms with Crippen molar-refractivity contribution in [3.05, 3.63) is 18.0 Å². The molecule has 1 aromatic rings. The van der Waals surface area contributed by atoms with Gasteiger partial charge in [0, 0.05) is 25.4 Å². The average Bonchev–Trinajstić information content (AvgIpc) is 2.83. The molecule has 18 heavy (non-hydrogen) atoms. The maximum atomic E-state index is 11.9. The lowest BCUT2D eigenvalue weighted by atomic mass is 10.1. The molecule has 0 bridgehead atoms. The largest absolute Gasteiger partial charge is 0.334 e. The van der Waals surface area contributed by atoms with Gasteiger partial charge in [-0.05, 0) is 19.8 Å². The fourth-order valence-corrected chi connectivity index (χ4v) is 2.25. The lowest BCUT2D eigenvalue weighted by Crippen LogP contribution is -2.41.